The fraction of sp³-hybridized carbons (Fsp3) is 0.556. The molecule has 13 heavy (non-hydrogen) atoms. The lowest BCUT2D eigenvalue weighted by Crippen LogP contribution is -2.19. The third-order valence-corrected chi connectivity index (χ3v) is 2.11. The Hall–Kier alpha value is -1.24. The van der Waals surface area contributed by atoms with Gasteiger partial charge in [-0.3, -0.25) is 0 Å². The number of nitriles is 1. The standard InChI is InChI=1S/C9H12BNO2/c1-7(12)10-8-3-2-4-9(5-8)13-6-11/h3,9-10H,2,4-5H2,1H3. The molecule has 1 rings (SSSR count). The molecule has 1 atom stereocenters. The summed E-state index contributed by atoms with van der Waals surface area (Å²) in [5.74, 6) is 0. The van der Waals surface area contributed by atoms with Crippen LogP contribution in [0.2, 0.25) is 0 Å². The number of ether oxygens (including phenoxy) is 1. The van der Waals surface area contributed by atoms with Crippen molar-refractivity contribution in [2.75, 3.05) is 0 Å². The summed E-state index contributed by atoms with van der Waals surface area (Å²) in [6.45, 7) is 1.58. The zero-order valence-electron chi connectivity index (χ0n) is 7.75. The average Bonchev–Trinajstić information content (AvgIpc) is 2.04. The van der Waals surface area contributed by atoms with E-state index in [4.69, 9.17) is 10.00 Å². The topological polar surface area (TPSA) is 50.1 Å². The predicted molar refractivity (Wildman–Crippen MR) is 50.3 cm³/mol. The molecule has 0 amide bonds. The normalized spacial score (nSPS) is 21.2. The zero-order valence-corrected chi connectivity index (χ0v) is 7.75. The lowest BCUT2D eigenvalue weighted by Gasteiger charge is -2.19. The first-order valence-corrected chi connectivity index (χ1v) is 4.44. The first kappa shape index (κ1) is 9.85. The van der Waals surface area contributed by atoms with Crippen molar-refractivity contribution in [1.82, 2.24) is 0 Å². The van der Waals surface area contributed by atoms with Gasteiger partial charge in [0.1, 0.15) is 6.10 Å². The van der Waals surface area contributed by atoms with E-state index in [-0.39, 0.29) is 11.8 Å². The van der Waals surface area contributed by atoms with E-state index in [9.17, 15) is 4.79 Å². The Morgan fingerprint density at radius 1 is 1.85 bits per heavy atom. The maximum absolute atomic E-state index is 10.8. The summed E-state index contributed by atoms with van der Waals surface area (Å²) < 4.78 is 4.85. The summed E-state index contributed by atoms with van der Waals surface area (Å²) in [5, 5.41) is 8.33. The molecule has 0 N–H and O–H groups in total. The fourth-order valence-corrected chi connectivity index (χ4v) is 1.59. The SMILES string of the molecule is CC(=O)BC1=CCCC(OC#N)C1. The molecular weight excluding hydrogens is 165 g/mol. The van der Waals surface area contributed by atoms with E-state index in [1.165, 1.54) is 0 Å². The number of allylic oxidation sites excluding steroid dienone is 1. The van der Waals surface area contributed by atoms with E-state index >= 15 is 0 Å². The summed E-state index contributed by atoms with van der Waals surface area (Å²) in [4.78, 5) is 10.8. The van der Waals surface area contributed by atoms with Gasteiger partial charge in [-0.15, -0.1) is 0 Å². The Bertz CT molecular complexity index is 267. The van der Waals surface area contributed by atoms with Gasteiger partial charge >= 0.3 is 0 Å². The van der Waals surface area contributed by atoms with Crippen LogP contribution in [0.5, 0.6) is 0 Å². The van der Waals surface area contributed by atoms with Crippen molar-refractivity contribution < 1.29 is 9.53 Å². The number of nitrogens with zero attached hydrogens (tertiary/aromatic N) is 1. The average molecular weight is 177 g/mol. The van der Waals surface area contributed by atoms with Crippen LogP contribution in [0.15, 0.2) is 11.5 Å². The van der Waals surface area contributed by atoms with Gasteiger partial charge in [0, 0.05) is 0 Å². The monoisotopic (exact) mass is 177 g/mol. The van der Waals surface area contributed by atoms with Crippen LogP contribution in [-0.4, -0.2) is 19.1 Å². The molecule has 1 aliphatic carbocycles. The molecule has 0 radical (unpaired) electrons. The minimum atomic E-state index is -0.00986. The van der Waals surface area contributed by atoms with E-state index in [2.05, 4.69) is 6.08 Å². The van der Waals surface area contributed by atoms with Gasteiger partial charge in [-0.1, -0.05) is 11.5 Å². The van der Waals surface area contributed by atoms with Gasteiger partial charge < -0.3 is 9.53 Å². The van der Waals surface area contributed by atoms with Gasteiger partial charge in [0.25, 0.3) is 6.26 Å². The minimum Gasteiger partial charge on any atom is -0.424 e. The summed E-state index contributed by atoms with van der Waals surface area (Å²) in [6, 6.07) is 0. The van der Waals surface area contributed by atoms with Gasteiger partial charge in [0.05, 0.1) is 5.68 Å². The largest absolute Gasteiger partial charge is 0.424 e. The van der Waals surface area contributed by atoms with Gasteiger partial charge in [-0.05, 0) is 26.2 Å². The molecule has 0 aliphatic heterocycles. The maximum atomic E-state index is 10.8. The van der Waals surface area contributed by atoms with E-state index < -0.39 is 0 Å². The van der Waals surface area contributed by atoms with Gasteiger partial charge in [-0.25, -0.2) is 0 Å². The Morgan fingerprint density at radius 3 is 3.23 bits per heavy atom. The van der Waals surface area contributed by atoms with Crippen molar-refractivity contribution in [3.05, 3.63) is 11.5 Å². The van der Waals surface area contributed by atoms with Crippen molar-refractivity contribution >= 4 is 13.0 Å². The zero-order chi connectivity index (χ0) is 9.68. The summed E-state index contributed by atoms with van der Waals surface area (Å²) in [7, 11) is 0.505. The summed E-state index contributed by atoms with van der Waals surface area (Å²) in [6.07, 6.45) is 6.30. The molecule has 1 aliphatic rings. The molecule has 0 bridgehead atoms. The molecular formula is C9H12BNO2. The molecule has 0 aromatic heterocycles. The molecule has 0 saturated heterocycles. The quantitative estimate of drug-likeness (QED) is 0.475. The van der Waals surface area contributed by atoms with Crippen molar-refractivity contribution in [3.63, 3.8) is 0 Å². The first-order chi connectivity index (χ1) is 6.22. The van der Waals surface area contributed by atoms with Crippen molar-refractivity contribution in [2.24, 2.45) is 0 Å². The smallest absolute Gasteiger partial charge is 0.286 e. The summed E-state index contributed by atoms with van der Waals surface area (Å²) >= 11 is 0. The van der Waals surface area contributed by atoms with Crippen LogP contribution in [0, 0.1) is 11.5 Å². The highest BCUT2D eigenvalue weighted by Gasteiger charge is 2.17. The Kier molecular flexibility index (Phi) is 3.57. The van der Waals surface area contributed by atoms with E-state index in [1.54, 1.807) is 13.2 Å². The second-order valence-corrected chi connectivity index (χ2v) is 3.35. The predicted octanol–water partition coefficient (Wildman–Crippen LogP) is 0.903. The number of rotatable bonds is 3. The molecule has 0 heterocycles. The highest BCUT2D eigenvalue weighted by atomic mass is 16.5. The van der Waals surface area contributed by atoms with Crippen molar-refractivity contribution in [1.29, 1.82) is 5.26 Å². The third-order valence-electron chi connectivity index (χ3n) is 2.11. The van der Waals surface area contributed by atoms with Crippen LogP contribution < -0.4 is 0 Å². The van der Waals surface area contributed by atoms with Crippen LogP contribution in [0.3, 0.4) is 0 Å². The molecule has 4 heteroatoms. The number of carbonyl (C=O) groups is 1. The second kappa shape index (κ2) is 4.71. The number of hydrogen-bond acceptors (Lipinski definition) is 3. The van der Waals surface area contributed by atoms with Gasteiger partial charge in [-0.2, -0.15) is 5.26 Å². The van der Waals surface area contributed by atoms with E-state index in [1.807, 2.05) is 0 Å². The van der Waals surface area contributed by atoms with Crippen LogP contribution in [0.4, 0.5) is 0 Å². The van der Waals surface area contributed by atoms with Gasteiger partial charge in [0.15, 0.2) is 0 Å². The molecule has 0 spiro atoms. The molecule has 0 aromatic carbocycles. The maximum Gasteiger partial charge on any atom is 0.286 e. The van der Waals surface area contributed by atoms with Crippen LogP contribution >= 0.6 is 0 Å². The molecule has 3 nitrogen and oxygen atoms in total. The molecule has 0 aromatic rings. The highest BCUT2D eigenvalue weighted by Crippen LogP contribution is 2.19. The molecule has 1 unspecified atom stereocenters. The Balaban J connectivity index is 2.45. The molecule has 68 valence electrons. The van der Waals surface area contributed by atoms with E-state index in [0.29, 0.717) is 7.28 Å². The number of carbonyl (C=O) groups excluding carboxylic acids is 1. The number of hydrogen-bond donors (Lipinski definition) is 0. The molecule has 0 saturated carbocycles. The summed E-state index contributed by atoms with van der Waals surface area (Å²) in [5.41, 5.74) is 1.28. The highest BCUT2D eigenvalue weighted by molar-refractivity contribution is 6.79. The van der Waals surface area contributed by atoms with Crippen molar-refractivity contribution in [2.45, 2.75) is 32.3 Å². The van der Waals surface area contributed by atoms with E-state index in [0.717, 1.165) is 24.7 Å². The van der Waals surface area contributed by atoms with Crippen LogP contribution in [0.25, 0.3) is 0 Å². The van der Waals surface area contributed by atoms with Crippen LogP contribution in [0.1, 0.15) is 26.2 Å². The Labute approximate surface area is 78.6 Å². The lowest BCUT2D eigenvalue weighted by molar-refractivity contribution is -0.110. The van der Waals surface area contributed by atoms with Crippen molar-refractivity contribution in [3.8, 4) is 6.26 Å². The Morgan fingerprint density at radius 2 is 2.62 bits per heavy atom. The fourth-order valence-electron chi connectivity index (χ4n) is 1.59. The lowest BCUT2D eigenvalue weighted by atomic mass is 9.62. The first-order valence-electron chi connectivity index (χ1n) is 4.44. The third kappa shape index (κ3) is 3.33. The van der Waals surface area contributed by atoms with Crippen LogP contribution in [-0.2, 0) is 9.53 Å². The van der Waals surface area contributed by atoms with Gasteiger partial charge in [0.2, 0.25) is 7.28 Å². The minimum absolute atomic E-state index is 0.00986. The second-order valence-electron chi connectivity index (χ2n) is 3.35. The molecule has 0 fully saturated rings.